The lowest BCUT2D eigenvalue weighted by molar-refractivity contribution is -0.0525. The SMILES string of the molecule is C[C@@H]1O[C@@H]2COP(=O)(O)O[C@H]2[C@H]1O. The predicted molar refractivity (Wildman–Crippen MR) is 41.0 cm³/mol. The van der Waals surface area contributed by atoms with Crippen LogP contribution in [0.2, 0.25) is 0 Å². The zero-order valence-corrected chi connectivity index (χ0v) is 7.89. The average molecular weight is 210 g/mol. The van der Waals surface area contributed by atoms with E-state index < -0.39 is 32.2 Å². The van der Waals surface area contributed by atoms with Gasteiger partial charge in [0.05, 0.1) is 12.7 Å². The van der Waals surface area contributed by atoms with E-state index in [1.165, 1.54) is 0 Å². The van der Waals surface area contributed by atoms with Crippen molar-refractivity contribution in [2.24, 2.45) is 0 Å². The fourth-order valence-electron chi connectivity index (χ4n) is 1.54. The van der Waals surface area contributed by atoms with Crippen molar-refractivity contribution in [3.63, 3.8) is 0 Å². The molecule has 0 aromatic carbocycles. The third kappa shape index (κ3) is 1.66. The summed E-state index contributed by atoms with van der Waals surface area (Å²) in [6.07, 6.45) is -2.45. The Bertz CT molecular complexity index is 256. The van der Waals surface area contributed by atoms with Crippen LogP contribution in [0.5, 0.6) is 0 Å². The molecule has 13 heavy (non-hydrogen) atoms. The molecule has 0 aliphatic carbocycles. The van der Waals surface area contributed by atoms with Gasteiger partial charge in [0, 0.05) is 0 Å². The van der Waals surface area contributed by atoms with Crippen molar-refractivity contribution in [2.75, 3.05) is 6.61 Å². The van der Waals surface area contributed by atoms with Crippen LogP contribution in [0, 0.1) is 0 Å². The molecule has 7 heteroatoms. The summed E-state index contributed by atoms with van der Waals surface area (Å²) in [6, 6.07) is 0. The molecule has 0 bridgehead atoms. The molecule has 2 saturated heterocycles. The molecule has 0 radical (unpaired) electrons. The Balaban J connectivity index is 2.14. The Kier molecular flexibility index (Phi) is 2.22. The van der Waals surface area contributed by atoms with Crippen molar-refractivity contribution >= 4 is 7.82 Å². The highest BCUT2D eigenvalue weighted by Gasteiger charge is 2.50. The molecule has 0 saturated carbocycles. The van der Waals surface area contributed by atoms with Crippen LogP contribution in [0.25, 0.3) is 0 Å². The Morgan fingerprint density at radius 1 is 1.54 bits per heavy atom. The fourth-order valence-corrected chi connectivity index (χ4v) is 2.50. The lowest BCUT2D eigenvalue weighted by Crippen LogP contribution is -2.39. The molecule has 2 rings (SSSR count). The number of fused-ring (bicyclic) bond motifs is 1. The van der Waals surface area contributed by atoms with Gasteiger partial charge in [-0.25, -0.2) is 4.57 Å². The molecule has 2 N–H and O–H groups in total. The monoisotopic (exact) mass is 210 g/mol. The Morgan fingerprint density at radius 2 is 2.23 bits per heavy atom. The van der Waals surface area contributed by atoms with E-state index in [1.54, 1.807) is 6.92 Å². The molecule has 0 spiro atoms. The zero-order chi connectivity index (χ0) is 9.64. The maximum absolute atomic E-state index is 11.0. The standard InChI is InChI=1S/C6H11O6P/c1-3-5(7)6-4(11-3)2-10-13(8,9)12-6/h3-7H,2H2,1H3,(H,8,9)/t3-,4+,5-,6+/m0/s1. The normalized spacial score (nSPS) is 56.2. The molecule has 5 atom stereocenters. The van der Waals surface area contributed by atoms with Gasteiger partial charge in [-0.05, 0) is 6.92 Å². The number of rotatable bonds is 0. The quantitative estimate of drug-likeness (QED) is 0.531. The molecule has 0 aromatic rings. The van der Waals surface area contributed by atoms with Gasteiger partial charge in [0.2, 0.25) is 0 Å². The molecule has 2 aliphatic rings. The van der Waals surface area contributed by atoms with Crippen molar-refractivity contribution in [1.82, 2.24) is 0 Å². The van der Waals surface area contributed by atoms with Crippen LogP contribution in [0.4, 0.5) is 0 Å². The zero-order valence-electron chi connectivity index (χ0n) is 6.99. The molecule has 1 unspecified atom stereocenters. The highest BCUT2D eigenvalue weighted by atomic mass is 31.2. The van der Waals surface area contributed by atoms with Gasteiger partial charge >= 0.3 is 7.82 Å². The van der Waals surface area contributed by atoms with Crippen molar-refractivity contribution in [1.29, 1.82) is 0 Å². The molecule has 0 amide bonds. The second kappa shape index (κ2) is 3.02. The molecule has 2 heterocycles. The van der Waals surface area contributed by atoms with Crippen LogP contribution in [0.1, 0.15) is 6.92 Å². The van der Waals surface area contributed by atoms with Crippen LogP contribution >= 0.6 is 7.82 Å². The first-order valence-electron chi connectivity index (χ1n) is 3.99. The van der Waals surface area contributed by atoms with Gasteiger partial charge in [-0.3, -0.25) is 9.05 Å². The number of ether oxygens (including phenoxy) is 1. The summed E-state index contributed by atoms with van der Waals surface area (Å²) in [5, 5.41) is 9.49. The maximum atomic E-state index is 11.0. The molecule has 76 valence electrons. The third-order valence-corrected chi connectivity index (χ3v) is 3.22. The van der Waals surface area contributed by atoms with Gasteiger partial charge in [0.1, 0.15) is 18.3 Å². The van der Waals surface area contributed by atoms with Gasteiger partial charge < -0.3 is 14.7 Å². The summed E-state index contributed by atoms with van der Waals surface area (Å²) in [6.45, 7) is 1.66. The summed E-state index contributed by atoms with van der Waals surface area (Å²) in [5.41, 5.74) is 0. The van der Waals surface area contributed by atoms with E-state index in [9.17, 15) is 9.67 Å². The van der Waals surface area contributed by atoms with E-state index >= 15 is 0 Å². The second-order valence-electron chi connectivity index (χ2n) is 3.20. The Labute approximate surface area is 75.0 Å². The Morgan fingerprint density at radius 3 is 2.92 bits per heavy atom. The van der Waals surface area contributed by atoms with Gasteiger partial charge in [0.15, 0.2) is 0 Å². The largest absolute Gasteiger partial charge is 0.472 e. The molecular weight excluding hydrogens is 199 g/mol. The summed E-state index contributed by atoms with van der Waals surface area (Å²) in [7, 11) is -3.96. The number of phosphoric acid groups is 1. The summed E-state index contributed by atoms with van der Waals surface area (Å²) >= 11 is 0. The number of aliphatic hydroxyl groups excluding tert-OH is 1. The summed E-state index contributed by atoms with van der Waals surface area (Å²) < 4.78 is 25.4. The number of phosphoric ester groups is 1. The van der Waals surface area contributed by atoms with Gasteiger partial charge in [0.25, 0.3) is 0 Å². The third-order valence-electron chi connectivity index (χ3n) is 2.23. The van der Waals surface area contributed by atoms with E-state index in [0.29, 0.717) is 0 Å². The topological polar surface area (TPSA) is 85.2 Å². The van der Waals surface area contributed by atoms with Crippen molar-refractivity contribution < 1.29 is 28.3 Å². The number of aliphatic hydroxyl groups is 1. The second-order valence-corrected chi connectivity index (χ2v) is 4.61. The summed E-state index contributed by atoms with van der Waals surface area (Å²) in [5.74, 6) is 0. The van der Waals surface area contributed by atoms with E-state index in [-0.39, 0.29) is 6.61 Å². The number of hydrogen-bond acceptors (Lipinski definition) is 5. The van der Waals surface area contributed by atoms with Crippen molar-refractivity contribution in [2.45, 2.75) is 31.3 Å². The molecular formula is C6H11O6P. The fraction of sp³-hybridized carbons (Fsp3) is 1.00. The van der Waals surface area contributed by atoms with Gasteiger partial charge in [-0.2, -0.15) is 0 Å². The van der Waals surface area contributed by atoms with Crippen LogP contribution in [0.3, 0.4) is 0 Å². The molecule has 0 aromatic heterocycles. The first kappa shape index (κ1) is 9.58. The minimum Gasteiger partial charge on any atom is -0.388 e. The lowest BCUT2D eigenvalue weighted by Gasteiger charge is -2.28. The predicted octanol–water partition coefficient (Wildman–Crippen LogP) is -0.350. The van der Waals surface area contributed by atoms with Crippen LogP contribution < -0.4 is 0 Å². The summed E-state index contributed by atoms with van der Waals surface area (Å²) in [4.78, 5) is 8.97. The van der Waals surface area contributed by atoms with Crippen molar-refractivity contribution in [3.05, 3.63) is 0 Å². The number of hydrogen-bond donors (Lipinski definition) is 2. The van der Waals surface area contributed by atoms with E-state index in [2.05, 4.69) is 4.52 Å². The first-order valence-corrected chi connectivity index (χ1v) is 5.48. The van der Waals surface area contributed by atoms with Gasteiger partial charge in [-0.1, -0.05) is 0 Å². The van der Waals surface area contributed by atoms with E-state index in [0.717, 1.165) is 0 Å². The van der Waals surface area contributed by atoms with Crippen LogP contribution in [0.15, 0.2) is 0 Å². The highest BCUT2D eigenvalue weighted by Crippen LogP contribution is 2.51. The smallest absolute Gasteiger partial charge is 0.388 e. The minimum absolute atomic E-state index is 0.0140. The van der Waals surface area contributed by atoms with E-state index in [4.69, 9.17) is 14.2 Å². The van der Waals surface area contributed by atoms with Crippen LogP contribution in [-0.4, -0.2) is 41.0 Å². The lowest BCUT2D eigenvalue weighted by atomic mass is 10.1. The van der Waals surface area contributed by atoms with Gasteiger partial charge in [-0.15, -0.1) is 0 Å². The van der Waals surface area contributed by atoms with Crippen molar-refractivity contribution in [3.8, 4) is 0 Å². The Hall–Kier alpha value is 0.0300. The molecule has 2 fully saturated rings. The average Bonchev–Trinajstić information content (AvgIpc) is 2.29. The van der Waals surface area contributed by atoms with E-state index in [1.807, 2.05) is 0 Å². The molecule has 6 nitrogen and oxygen atoms in total. The van der Waals surface area contributed by atoms with Crippen LogP contribution in [-0.2, 0) is 18.3 Å². The minimum atomic E-state index is -3.96. The maximum Gasteiger partial charge on any atom is 0.472 e. The highest BCUT2D eigenvalue weighted by molar-refractivity contribution is 7.47. The first-order chi connectivity index (χ1) is 5.99. The molecule has 2 aliphatic heterocycles.